The number of ether oxygens (including phenoxy) is 1. The highest BCUT2D eigenvalue weighted by Gasteiger charge is 2.37. The zero-order valence-corrected chi connectivity index (χ0v) is 20.8. The van der Waals surface area contributed by atoms with Crippen molar-refractivity contribution in [2.24, 2.45) is 0 Å². The number of methoxy groups -OCH3 is 1. The molecule has 11 heteroatoms. The SMILES string of the molecule is COc1ccccc1NC(=O)C1=C(C)Nc2nnnn2[C@H]1c1cn(-c2ccccc2)nc1-c1cccs1. The van der Waals surface area contributed by atoms with Crippen molar-refractivity contribution in [1.29, 1.82) is 0 Å². The smallest absolute Gasteiger partial charge is 0.255 e. The number of nitrogens with zero attached hydrogens (tertiary/aromatic N) is 6. The van der Waals surface area contributed by atoms with Crippen LogP contribution in [0.25, 0.3) is 16.3 Å². The number of tetrazole rings is 1. The van der Waals surface area contributed by atoms with E-state index >= 15 is 0 Å². The number of amides is 1. The van der Waals surface area contributed by atoms with Gasteiger partial charge in [0.1, 0.15) is 17.5 Å². The molecule has 1 atom stereocenters. The van der Waals surface area contributed by atoms with E-state index in [1.54, 1.807) is 35.3 Å². The molecule has 0 aliphatic carbocycles. The lowest BCUT2D eigenvalue weighted by Gasteiger charge is -2.27. The summed E-state index contributed by atoms with van der Waals surface area (Å²) in [5.41, 5.74) is 4.13. The molecule has 0 radical (unpaired) electrons. The monoisotopic (exact) mass is 510 g/mol. The molecule has 6 rings (SSSR count). The Morgan fingerprint density at radius 2 is 1.89 bits per heavy atom. The Hall–Kier alpha value is -4.77. The minimum absolute atomic E-state index is 0.301. The number of hydrogen-bond acceptors (Lipinski definition) is 8. The summed E-state index contributed by atoms with van der Waals surface area (Å²) in [6, 6.07) is 20.5. The van der Waals surface area contributed by atoms with Crippen molar-refractivity contribution in [3.05, 3.63) is 95.1 Å². The van der Waals surface area contributed by atoms with E-state index in [4.69, 9.17) is 9.84 Å². The third-order valence-corrected chi connectivity index (χ3v) is 7.00. The van der Waals surface area contributed by atoms with Crippen LogP contribution in [0.2, 0.25) is 0 Å². The van der Waals surface area contributed by atoms with Gasteiger partial charge >= 0.3 is 0 Å². The van der Waals surface area contributed by atoms with Crippen LogP contribution in [0.1, 0.15) is 18.5 Å². The summed E-state index contributed by atoms with van der Waals surface area (Å²) in [7, 11) is 1.57. The predicted molar refractivity (Wildman–Crippen MR) is 141 cm³/mol. The number of hydrogen-bond donors (Lipinski definition) is 2. The second-order valence-corrected chi connectivity index (χ2v) is 9.31. The first-order valence-corrected chi connectivity index (χ1v) is 12.4. The van der Waals surface area contributed by atoms with Crippen molar-refractivity contribution >= 4 is 28.9 Å². The van der Waals surface area contributed by atoms with Gasteiger partial charge in [0.25, 0.3) is 5.91 Å². The molecule has 0 saturated carbocycles. The van der Waals surface area contributed by atoms with Crippen molar-refractivity contribution in [2.45, 2.75) is 13.0 Å². The number of para-hydroxylation sites is 3. The van der Waals surface area contributed by atoms with Crippen LogP contribution >= 0.6 is 11.3 Å². The van der Waals surface area contributed by atoms with Crippen molar-refractivity contribution in [2.75, 3.05) is 17.7 Å². The van der Waals surface area contributed by atoms with Crippen LogP contribution in [0.4, 0.5) is 11.6 Å². The first-order valence-electron chi connectivity index (χ1n) is 11.5. The molecule has 0 spiro atoms. The number of benzene rings is 2. The molecular formula is C26H22N8O2S. The Morgan fingerprint density at radius 1 is 1.08 bits per heavy atom. The molecule has 184 valence electrons. The number of aromatic nitrogens is 6. The van der Waals surface area contributed by atoms with Crippen LogP contribution in [0, 0.1) is 0 Å². The first kappa shape index (κ1) is 22.7. The Kier molecular flexibility index (Phi) is 5.73. The average Bonchev–Trinajstić information content (AvgIpc) is 3.69. The quantitative estimate of drug-likeness (QED) is 0.345. The molecule has 0 unspecified atom stereocenters. The van der Waals surface area contributed by atoms with Crippen LogP contribution in [-0.2, 0) is 4.79 Å². The summed E-state index contributed by atoms with van der Waals surface area (Å²) in [5, 5.41) is 25.4. The van der Waals surface area contributed by atoms with E-state index in [2.05, 4.69) is 26.2 Å². The fourth-order valence-electron chi connectivity index (χ4n) is 4.44. The van der Waals surface area contributed by atoms with Gasteiger partial charge in [0, 0.05) is 17.5 Å². The fourth-order valence-corrected chi connectivity index (χ4v) is 5.17. The summed E-state index contributed by atoms with van der Waals surface area (Å²) in [6.45, 7) is 1.84. The number of allylic oxidation sites excluding steroid dienone is 1. The number of anilines is 2. The maximum atomic E-state index is 13.9. The van der Waals surface area contributed by atoms with Gasteiger partial charge in [0.2, 0.25) is 5.95 Å². The highest BCUT2D eigenvalue weighted by molar-refractivity contribution is 7.13. The van der Waals surface area contributed by atoms with Crippen molar-refractivity contribution in [3.8, 4) is 22.0 Å². The lowest BCUT2D eigenvalue weighted by molar-refractivity contribution is -0.113. The van der Waals surface area contributed by atoms with Gasteiger partial charge in [0.15, 0.2) is 0 Å². The minimum Gasteiger partial charge on any atom is -0.495 e. The van der Waals surface area contributed by atoms with Crippen molar-refractivity contribution in [3.63, 3.8) is 0 Å². The van der Waals surface area contributed by atoms with Gasteiger partial charge in [-0.15, -0.1) is 11.3 Å². The summed E-state index contributed by atoms with van der Waals surface area (Å²) in [6.07, 6.45) is 1.94. The van der Waals surface area contributed by atoms with Gasteiger partial charge in [-0.2, -0.15) is 9.78 Å². The molecule has 5 aromatic rings. The molecule has 0 bridgehead atoms. The van der Waals surface area contributed by atoms with Gasteiger partial charge in [-0.3, -0.25) is 4.79 Å². The van der Waals surface area contributed by atoms with E-state index in [-0.39, 0.29) is 5.91 Å². The van der Waals surface area contributed by atoms with E-state index < -0.39 is 6.04 Å². The molecule has 1 amide bonds. The van der Waals surface area contributed by atoms with Crippen LogP contribution in [-0.4, -0.2) is 43.0 Å². The summed E-state index contributed by atoms with van der Waals surface area (Å²) in [4.78, 5) is 14.8. The molecule has 2 aromatic carbocycles. The third kappa shape index (κ3) is 4.04. The van der Waals surface area contributed by atoms with E-state index in [0.717, 1.165) is 21.8 Å². The number of carbonyl (C=O) groups is 1. The largest absolute Gasteiger partial charge is 0.495 e. The third-order valence-electron chi connectivity index (χ3n) is 6.13. The molecule has 0 saturated heterocycles. The summed E-state index contributed by atoms with van der Waals surface area (Å²) < 4.78 is 8.88. The molecule has 2 N–H and O–H groups in total. The topological polar surface area (TPSA) is 112 Å². The zero-order chi connectivity index (χ0) is 25.4. The summed E-state index contributed by atoms with van der Waals surface area (Å²) in [5.74, 6) is 0.708. The minimum atomic E-state index is -0.629. The maximum Gasteiger partial charge on any atom is 0.255 e. The molecule has 0 fully saturated rings. The lowest BCUT2D eigenvalue weighted by atomic mass is 9.94. The van der Waals surface area contributed by atoms with E-state index in [1.165, 1.54) is 0 Å². The van der Waals surface area contributed by atoms with Gasteiger partial charge in [-0.05, 0) is 53.1 Å². The lowest BCUT2D eigenvalue weighted by Crippen LogP contribution is -2.31. The standard InChI is InChI=1S/C26H22N8O2S/c1-16-22(25(35)28-19-11-6-7-12-20(19)36-2)24(34-26(27-16)29-31-32-34)18-15-33(17-9-4-3-5-10-17)30-23(18)21-13-8-14-37-21/h3-15,24H,1-2H3,(H,28,35)(H,27,29,32)/t24-/m0/s1. The second-order valence-electron chi connectivity index (χ2n) is 8.36. The number of carbonyl (C=O) groups excluding carboxylic acids is 1. The molecule has 4 heterocycles. The first-order chi connectivity index (χ1) is 18.1. The summed E-state index contributed by atoms with van der Waals surface area (Å²) >= 11 is 1.58. The van der Waals surface area contributed by atoms with Crippen molar-refractivity contribution in [1.82, 2.24) is 30.0 Å². The van der Waals surface area contributed by atoms with Crippen LogP contribution in [0.5, 0.6) is 5.75 Å². The Bertz CT molecular complexity index is 1600. The van der Waals surface area contributed by atoms with Crippen molar-refractivity contribution < 1.29 is 9.53 Å². The number of rotatable bonds is 6. The fraction of sp³-hybridized carbons (Fsp3) is 0.115. The Labute approximate surface area is 216 Å². The van der Waals surface area contributed by atoms with Crippen LogP contribution in [0.3, 0.4) is 0 Å². The number of thiophene rings is 1. The Morgan fingerprint density at radius 3 is 2.68 bits per heavy atom. The van der Waals surface area contributed by atoms with E-state index in [9.17, 15) is 4.79 Å². The van der Waals surface area contributed by atoms with E-state index in [1.807, 2.05) is 77.8 Å². The number of fused-ring (bicyclic) bond motifs is 1. The van der Waals surface area contributed by atoms with Gasteiger partial charge < -0.3 is 15.4 Å². The zero-order valence-electron chi connectivity index (χ0n) is 20.0. The molecule has 1 aliphatic rings. The van der Waals surface area contributed by atoms with Crippen LogP contribution in [0.15, 0.2) is 89.6 Å². The molecule has 10 nitrogen and oxygen atoms in total. The van der Waals surface area contributed by atoms with E-state index in [0.29, 0.717) is 28.7 Å². The predicted octanol–water partition coefficient (Wildman–Crippen LogP) is 4.52. The molecule has 1 aliphatic heterocycles. The molecule has 37 heavy (non-hydrogen) atoms. The maximum absolute atomic E-state index is 13.9. The second kappa shape index (κ2) is 9.36. The highest BCUT2D eigenvalue weighted by Crippen LogP contribution is 2.40. The highest BCUT2D eigenvalue weighted by atomic mass is 32.1. The van der Waals surface area contributed by atoms with Crippen LogP contribution < -0.4 is 15.4 Å². The number of nitrogens with one attached hydrogen (secondary N) is 2. The molecule has 3 aromatic heterocycles. The Balaban J connectivity index is 1.51. The normalized spacial score (nSPS) is 14.7. The van der Waals surface area contributed by atoms with Gasteiger partial charge in [0.05, 0.1) is 28.9 Å². The van der Waals surface area contributed by atoms with Gasteiger partial charge in [-0.1, -0.05) is 41.5 Å². The molecular weight excluding hydrogens is 488 g/mol. The average molecular weight is 511 g/mol. The van der Waals surface area contributed by atoms with Gasteiger partial charge in [-0.25, -0.2) is 4.68 Å².